The Morgan fingerprint density at radius 1 is 1.25 bits per heavy atom. The Morgan fingerprint density at radius 2 is 2.00 bits per heavy atom. The molecule has 2 rings (SSSR count). The van der Waals surface area contributed by atoms with Crippen LogP contribution in [0.15, 0.2) is 22.6 Å². The predicted octanol–water partition coefficient (Wildman–Crippen LogP) is 2.37. The first-order valence-corrected chi connectivity index (χ1v) is 5.24. The Bertz CT molecular complexity index is 503. The van der Waals surface area contributed by atoms with E-state index in [1.807, 2.05) is 32.9 Å². The van der Waals surface area contributed by atoms with Gasteiger partial charge < -0.3 is 10.2 Å². The van der Waals surface area contributed by atoms with Crippen molar-refractivity contribution in [2.24, 2.45) is 5.73 Å². The van der Waals surface area contributed by atoms with Gasteiger partial charge in [-0.1, -0.05) is 17.7 Å². The maximum Gasteiger partial charge on any atom is 0.248 e. The molecule has 1 atom stereocenters. The summed E-state index contributed by atoms with van der Waals surface area (Å²) in [5.74, 6) is 1.00. The molecule has 1 heterocycles. The van der Waals surface area contributed by atoms with Crippen LogP contribution in [0.4, 0.5) is 0 Å². The van der Waals surface area contributed by atoms with Crippen LogP contribution in [0.2, 0.25) is 0 Å². The quantitative estimate of drug-likeness (QED) is 0.838. The fourth-order valence-electron chi connectivity index (χ4n) is 1.49. The Kier molecular flexibility index (Phi) is 2.75. The van der Waals surface area contributed by atoms with Crippen LogP contribution in [-0.4, -0.2) is 10.2 Å². The third kappa shape index (κ3) is 1.97. The van der Waals surface area contributed by atoms with Crippen molar-refractivity contribution < 1.29 is 4.42 Å². The molecule has 2 N–H and O–H groups in total. The van der Waals surface area contributed by atoms with E-state index in [-0.39, 0.29) is 6.04 Å². The van der Waals surface area contributed by atoms with Gasteiger partial charge in [0.25, 0.3) is 0 Å². The lowest BCUT2D eigenvalue weighted by molar-refractivity contribution is 0.473. The number of aromatic nitrogens is 2. The van der Waals surface area contributed by atoms with E-state index in [2.05, 4.69) is 16.3 Å². The molecule has 0 amide bonds. The Balaban J connectivity index is 2.46. The van der Waals surface area contributed by atoms with Crippen molar-refractivity contribution in [2.75, 3.05) is 0 Å². The van der Waals surface area contributed by atoms with Gasteiger partial charge in [0.1, 0.15) is 0 Å². The highest BCUT2D eigenvalue weighted by Gasteiger charge is 2.13. The van der Waals surface area contributed by atoms with Gasteiger partial charge in [-0.15, -0.1) is 10.2 Å². The zero-order valence-electron chi connectivity index (χ0n) is 9.69. The predicted molar refractivity (Wildman–Crippen MR) is 61.8 cm³/mol. The lowest BCUT2D eigenvalue weighted by Crippen LogP contribution is -2.04. The van der Waals surface area contributed by atoms with Crippen molar-refractivity contribution in [3.05, 3.63) is 35.2 Å². The van der Waals surface area contributed by atoms with Gasteiger partial charge in [-0.05, 0) is 32.4 Å². The van der Waals surface area contributed by atoms with Crippen LogP contribution in [0.3, 0.4) is 0 Å². The van der Waals surface area contributed by atoms with Crippen LogP contribution in [0.25, 0.3) is 11.5 Å². The molecule has 4 nitrogen and oxygen atoms in total. The summed E-state index contributed by atoms with van der Waals surface area (Å²) in [5, 5.41) is 7.93. The molecule has 4 heteroatoms. The number of hydrogen-bond acceptors (Lipinski definition) is 4. The number of rotatable bonds is 2. The smallest absolute Gasteiger partial charge is 0.248 e. The average Bonchev–Trinajstić information content (AvgIpc) is 2.70. The third-order valence-corrected chi connectivity index (χ3v) is 2.45. The average molecular weight is 217 g/mol. The highest BCUT2D eigenvalue weighted by molar-refractivity contribution is 5.59. The summed E-state index contributed by atoms with van der Waals surface area (Å²) < 4.78 is 5.52. The van der Waals surface area contributed by atoms with Crippen molar-refractivity contribution in [1.82, 2.24) is 10.2 Å². The summed E-state index contributed by atoms with van der Waals surface area (Å²) in [7, 11) is 0. The molecule has 0 fully saturated rings. The molecule has 0 aliphatic heterocycles. The molecule has 0 saturated heterocycles. The summed E-state index contributed by atoms with van der Waals surface area (Å²) in [6, 6.07) is 5.90. The van der Waals surface area contributed by atoms with E-state index in [9.17, 15) is 0 Å². The van der Waals surface area contributed by atoms with Crippen molar-refractivity contribution in [1.29, 1.82) is 0 Å². The first kappa shape index (κ1) is 10.8. The normalized spacial score (nSPS) is 12.8. The molecule has 84 valence electrons. The minimum absolute atomic E-state index is 0.230. The van der Waals surface area contributed by atoms with E-state index in [1.54, 1.807) is 0 Å². The van der Waals surface area contributed by atoms with Crippen molar-refractivity contribution in [3.8, 4) is 11.5 Å². The van der Waals surface area contributed by atoms with E-state index in [0.717, 1.165) is 11.1 Å². The fraction of sp³-hybridized carbons (Fsp3) is 0.333. The molecule has 1 unspecified atom stereocenters. The minimum Gasteiger partial charge on any atom is -0.419 e. The number of hydrogen-bond donors (Lipinski definition) is 1. The molecule has 0 aliphatic carbocycles. The van der Waals surface area contributed by atoms with Gasteiger partial charge >= 0.3 is 0 Å². The first-order valence-electron chi connectivity index (χ1n) is 5.24. The monoisotopic (exact) mass is 217 g/mol. The highest BCUT2D eigenvalue weighted by Crippen LogP contribution is 2.24. The Labute approximate surface area is 94.5 Å². The second-order valence-corrected chi connectivity index (χ2v) is 4.05. The standard InChI is InChI=1S/C12H15N3O/c1-7-4-5-8(2)10(6-7)12-15-14-11(16-12)9(3)13/h4-6,9H,13H2,1-3H3. The number of nitrogens with zero attached hydrogens (tertiary/aromatic N) is 2. The number of nitrogens with two attached hydrogens (primary N) is 1. The van der Waals surface area contributed by atoms with Gasteiger partial charge in [0.05, 0.1) is 6.04 Å². The van der Waals surface area contributed by atoms with Gasteiger partial charge in [0.15, 0.2) is 0 Å². The summed E-state index contributed by atoms with van der Waals surface area (Å²) >= 11 is 0. The van der Waals surface area contributed by atoms with Crippen LogP contribution in [0.1, 0.15) is 30.0 Å². The zero-order chi connectivity index (χ0) is 11.7. The lowest BCUT2D eigenvalue weighted by Gasteiger charge is -2.02. The van der Waals surface area contributed by atoms with Crippen LogP contribution < -0.4 is 5.73 Å². The second kappa shape index (κ2) is 4.06. The van der Waals surface area contributed by atoms with Crippen LogP contribution in [-0.2, 0) is 0 Å². The summed E-state index contributed by atoms with van der Waals surface area (Å²) in [6.07, 6.45) is 0. The topological polar surface area (TPSA) is 64.9 Å². The summed E-state index contributed by atoms with van der Waals surface area (Å²) in [6.45, 7) is 5.87. The number of benzene rings is 1. The van der Waals surface area contributed by atoms with Crippen LogP contribution in [0, 0.1) is 13.8 Å². The van der Waals surface area contributed by atoms with E-state index < -0.39 is 0 Å². The Morgan fingerprint density at radius 3 is 2.62 bits per heavy atom. The van der Waals surface area contributed by atoms with Gasteiger partial charge in [0.2, 0.25) is 11.8 Å². The van der Waals surface area contributed by atoms with Gasteiger partial charge in [-0.3, -0.25) is 0 Å². The maximum atomic E-state index is 5.68. The summed E-state index contributed by atoms with van der Waals surface area (Å²) in [5.41, 5.74) is 8.93. The molecule has 0 saturated carbocycles. The van der Waals surface area contributed by atoms with E-state index in [1.165, 1.54) is 5.56 Å². The summed E-state index contributed by atoms with van der Waals surface area (Å²) in [4.78, 5) is 0. The first-order chi connectivity index (χ1) is 7.58. The molecule has 0 radical (unpaired) electrons. The van der Waals surface area contributed by atoms with Crippen LogP contribution >= 0.6 is 0 Å². The highest BCUT2D eigenvalue weighted by atomic mass is 16.4. The fourth-order valence-corrected chi connectivity index (χ4v) is 1.49. The molecule has 0 bridgehead atoms. The van der Waals surface area contributed by atoms with Gasteiger partial charge in [0, 0.05) is 5.56 Å². The van der Waals surface area contributed by atoms with Crippen molar-refractivity contribution >= 4 is 0 Å². The van der Waals surface area contributed by atoms with Gasteiger partial charge in [-0.25, -0.2) is 0 Å². The second-order valence-electron chi connectivity index (χ2n) is 4.05. The molecule has 1 aromatic carbocycles. The van der Waals surface area contributed by atoms with E-state index in [4.69, 9.17) is 10.2 Å². The molecule has 1 aromatic heterocycles. The van der Waals surface area contributed by atoms with Crippen molar-refractivity contribution in [2.45, 2.75) is 26.8 Å². The van der Waals surface area contributed by atoms with Crippen molar-refractivity contribution in [3.63, 3.8) is 0 Å². The SMILES string of the molecule is Cc1ccc(C)c(-c2nnc(C(C)N)o2)c1. The minimum atomic E-state index is -0.230. The number of aryl methyl sites for hydroxylation is 2. The molecular weight excluding hydrogens is 202 g/mol. The van der Waals surface area contributed by atoms with Crippen LogP contribution in [0.5, 0.6) is 0 Å². The largest absolute Gasteiger partial charge is 0.419 e. The molecular formula is C12H15N3O. The molecule has 0 aliphatic rings. The Hall–Kier alpha value is -1.68. The molecule has 16 heavy (non-hydrogen) atoms. The maximum absolute atomic E-state index is 5.68. The van der Waals surface area contributed by atoms with E-state index >= 15 is 0 Å². The van der Waals surface area contributed by atoms with Gasteiger partial charge in [-0.2, -0.15) is 0 Å². The third-order valence-electron chi connectivity index (χ3n) is 2.45. The lowest BCUT2D eigenvalue weighted by atomic mass is 10.1. The molecule has 0 spiro atoms. The zero-order valence-corrected chi connectivity index (χ0v) is 9.69. The van der Waals surface area contributed by atoms with E-state index in [0.29, 0.717) is 11.8 Å². The molecule has 2 aromatic rings.